The molecule has 0 aliphatic carbocycles. The second-order valence-electron chi connectivity index (χ2n) is 5.49. The molecule has 116 valence electrons. The number of carbonyl (C=O) groups is 2. The number of para-hydroxylation sites is 1. The van der Waals surface area contributed by atoms with Crippen molar-refractivity contribution in [1.29, 1.82) is 0 Å². The molecule has 0 aliphatic heterocycles. The molecule has 0 fully saturated rings. The van der Waals surface area contributed by atoms with Crippen molar-refractivity contribution in [1.82, 2.24) is 15.1 Å². The topological polar surface area (TPSA) is 73.2 Å². The number of aryl methyl sites for hydroxylation is 1. The molecule has 0 spiro atoms. The summed E-state index contributed by atoms with van der Waals surface area (Å²) in [4.78, 5) is 23.9. The summed E-state index contributed by atoms with van der Waals surface area (Å²) in [7, 11) is 1.28. The summed E-state index contributed by atoms with van der Waals surface area (Å²) in [5.41, 5.74) is 0.827. The van der Waals surface area contributed by atoms with Crippen LogP contribution in [-0.2, 0) is 9.53 Å². The Morgan fingerprint density at radius 1 is 1.23 bits per heavy atom. The second-order valence-corrected chi connectivity index (χ2v) is 5.49. The van der Waals surface area contributed by atoms with E-state index in [-0.39, 0.29) is 5.69 Å². The minimum Gasteiger partial charge on any atom is -0.467 e. The number of methoxy groups -OCH3 is 1. The van der Waals surface area contributed by atoms with Gasteiger partial charge in [-0.15, -0.1) is 0 Å². The molecule has 1 amide bonds. The molecule has 1 aromatic carbocycles. The molecule has 1 N–H and O–H groups in total. The predicted octanol–water partition coefficient (Wildman–Crippen LogP) is 1.86. The van der Waals surface area contributed by atoms with Crippen LogP contribution in [0, 0.1) is 6.92 Å². The standard InChI is InChI=1S/C16H19N3O3/c1-11-10-13(14(20)17-16(2,3)15(21)22-4)18-19(11)12-8-6-5-7-9-12/h5-10H,1-4H3,(H,17,20). The quantitative estimate of drug-likeness (QED) is 0.875. The van der Waals surface area contributed by atoms with Gasteiger partial charge in [-0.3, -0.25) is 4.79 Å². The van der Waals surface area contributed by atoms with E-state index >= 15 is 0 Å². The first-order chi connectivity index (χ1) is 10.3. The lowest BCUT2D eigenvalue weighted by Gasteiger charge is -2.22. The van der Waals surface area contributed by atoms with E-state index in [0.29, 0.717) is 0 Å². The molecule has 1 heterocycles. The number of benzene rings is 1. The minimum absolute atomic E-state index is 0.248. The van der Waals surface area contributed by atoms with Gasteiger partial charge in [-0.25, -0.2) is 9.48 Å². The van der Waals surface area contributed by atoms with E-state index in [9.17, 15) is 9.59 Å². The van der Waals surface area contributed by atoms with Crippen LogP contribution < -0.4 is 5.32 Å². The zero-order valence-corrected chi connectivity index (χ0v) is 13.1. The van der Waals surface area contributed by atoms with E-state index in [4.69, 9.17) is 0 Å². The molecular weight excluding hydrogens is 282 g/mol. The summed E-state index contributed by atoms with van der Waals surface area (Å²) in [6.45, 7) is 5.03. The summed E-state index contributed by atoms with van der Waals surface area (Å²) in [6.07, 6.45) is 0. The van der Waals surface area contributed by atoms with Crippen molar-refractivity contribution in [2.45, 2.75) is 26.3 Å². The van der Waals surface area contributed by atoms with Crippen LogP contribution in [0.25, 0.3) is 5.69 Å². The highest BCUT2D eigenvalue weighted by atomic mass is 16.5. The number of amides is 1. The number of nitrogens with zero attached hydrogens (tertiary/aromatic N) is 2. The monoisotopic (exact) mass is 301 g/mol. The van der Waals surface area contributed by atoms with Gasteiger partial charge >= 0.3 is 5.97 Å². The molecule has 0 saturated carbocycles. The van der Waals surface area contributed by atoms with Crippen molar-refractivity contribution in [2.24, 2.45) is 0 Å². The van der Waals surface area contributed by atoms with Crippen molar-refractivity contribution in [3.05, 3.63) is 47.8 Å². The van der Waals surface area contributed by atoms with Gasteiger partial charge in [0.25, 0.3) is 5.91 Å². The minimum atomic E-state index is -1.11. The van der Waals surface area contributed by atoms with Gasteiger partial charge in [-0.05, 0) is 39.0 Å². The first kappa shape index (κ1) is 15.8. The predicted molar refractivity (Wildman–Crippen MR) is 81.9 cm³/mol. The van der Waals surface area contributed by atoms with Crippen LogP contribution >= 0.6 is 0 Å². The summed E-state index contributed by atoms with van der Waals surface area (Å²) in [5, 5.41) is 6.93. The van der Waals surface area contributed by atoms with Crippen molar-refractivity contribution in [2.75, 3.05) is 7.11 Å². The highest BCUT2D eigenvalue weighted by Gasteiger charge is 2.31. The number of hydrogen-bond donors (Lipinski definition) is 1. The fraction of sp³-hybridized carbons (Fsp3) is 0.312. The Kier molecular flexibility index (Phi) is 4.30. The van der Waals surface area contributed by atoms with Gasteiger partial charge in [0.1, 0.15) is 5.54 Å². The lowest BCUT2D eigenvalue weighted by molar-refractivity contribution is -0.146. The summed E-state index contributed by atoms with van der Waals surface area (Å²) < 4.78 is 6.35. The van der Waals surface area contributed by atoms with Crippen LogP contribution in [0.2, 0.25) is 0 Å². The molecule has 6 heteroatoms. The first-order valence-electron chi connectivity index (χ1n) is 6.88. The number of hydrogen-bond acceptors (Lipinski definition) is 4. The molecule has 2 rings (SSSR count). The van der Waals surface area contributed by atoms with Gasteiger partial charge in [-0.2, -0.15) is 5.10 Å². The lowest BCUT2D eigenvalue weighted by Crippen LogP contribution is -2.50. The lowest BCUT2D eigenvalue weighted by atomic mass is 10.1. The molecule has 0 atom stereocenters. The molecule has 0 aliphatic rings. The molecule has 0 bridgehead atoms. The third kappa shape index (κ3) is 3.16. The highest BCUT2D eigenvalue weighted by Crippen LogP contribution is 2.13. The average Bonchev–Trinajstić information content (AvgIpc) is 2.89. The highest BCUT2D eigenvalue weighted by molar-refractivity contribution is 5.96. The van der Waals surface area contributed by atoms with Crippen LogP contribution in [0.5, 0.6) is 0 Å². The third-order valence-corrected chi connectivity index (χ3v) is 3.24. The Labute approximate surface area is 129 Å². The Bertz CT molecular complexity index is 690. The number of aromatic nitrogens is 2. The molecule has 0 saturated heterocycles. The maximum atomic E-state index is 12.3. The Balaban J connectivity index is 2.24. The fourth-order valence-corrected chi connectivity index (χ4v) is 2.07. The number of ether oxygens (including phenoxy) is 1. The summed E-state index contributed by atoms with van der Waals surface area (Å²) in [6, 6.07) is 11.2. The SMILES string of the molecule is COC(=O)C(C)(C)NC(=O)c1cc(C)n(-c2ccccc2)n1. The van der Waals surface area contributed by atoms with Crippen molar-refractivity contribution in [3.63, 3.8) is 0 Å². The molecular formula is C16H19N3O3. The Morgan fingerprint density at radius 3 is 2.45 bits per heavy atom. The van der Waals surface area contributed by atoms with E-state index in [0.717, 1.165) is 11.4 Å². The zero-order chi connectivity index (χ0) is 16.3. The molecule has 22 heavy (non-hydrogen) atoms. The van der Waals surface area contributed by atoms with Crippen molar-refractivity contribution < 1.29 is 14.3 Å². The first-order valence-corrected chi connectivity index (χ1v) is 6.88. The van der Waals surface area contributed by atoms with Crippen LogP contribution in [0.1, 0.15) is 30.0 Å². The number of nitrogens with one attached hydrogen (secondary N) is 1. The van der Waals surface area contributed by atoms with Crippen LogP contribution in [0.3, 0.4) is 0 Å². The number of rotatable bonds is 4. The van der Waals surface area contributed by atoms with E-state index in [2.05, 4.69) is 15.2 Å². The van der Waals surface area contributed by atoms with Crippen LogP contribution in [-0.4, -0.2) is 34.3 Å². The molecule has 6 nitrogen and oxygen atoms in total. The number of esters is 1. The molecule has 0 radical (unpaired) electrons. The van der Waals surface area contributed by atoms with E-state index in [1.54, 1.807) is 24.6 Å². The van der Waals surface area contributed by atoms with E-state index in [1.165, 1.54) is 7.11 Å². The van der Waals surface area contributed by atoms with Gasteiger partial charge in [0.2, 0.25) is 0 Å². The van der Waals surface area contributed by atoms with Gasteiger partial charge in [0.15, 0.2) is 5.69 Å². The summed E-state index contributed by atoms with van der Waals surface area (Å²) in [5.74, 6) is -0.937. The number of carbonyl (C=O) groups excluding carboxylic acids is 2. The zero-order valence-electron chi connectivity index (χ0n) is 13.1. The van der Waals surface area contributed by atoms with Gasteiger partial charge in [0.05, 0.1) is 12.8 Å². The van der Waals surface area contributed by atoms with Gasteiger partial charge in [0, 0.05) is 5.69 Å². The Hall–Kier alpha value is -2.63. The largest absolute Gasteiger partial charge is 0.467 e. The molecule has 0 unspecified atom stereocenters. The smallest absolute Gasteiger partial charge is 0.330 e. The van der Waals surface area contributed by atoms with E-state index in [1.807, 2.05) is 37.3 Å². The van der Waals surface area contributed by atoms with Gasteiger partial charge in [-0.1, -0.05) is 18.2 Å². The van der Waals surface area contributed by atoms with Crippen molar-refractivity contribution in [3.8, 4) is 5.69 Å². The summed E-state index contributed by atoms with van der Waals surface area (Å²) >= 11 is 0. The van der Waals surface area contributed by atoms with Crippen molar-refractivity contribution >= 4 is 11.9 Å². The maximum absolute atomic E-state index is 12.3. The molecule has 2 aromatic rings. The normalized spacial score (nSPS) is 11.1. The third-order valence-electron chi connectivity index (χ3n) is 3.24. The van der Waals surface area contributed by atoms with E-state index < -0.39 is 17.4 Å². The Morgan fingerprint density at radius 2 is 1.86 bits per heavy atom. The molecule has 1 aromatic heterocycles. The average molecular weight is 301 g/mol. The van der Waals surface area contributed by atoms with Gasteiger partial charge < -0.3 is 10.1 Å². The van der Waals surface area contributed by atoms with Crippen LogP contribution in [0.4, 0.5) is 0 Å². The van der Waals surface area contributed by atoms with Crippen LogP contribution in [0.15, 0.2) is 36.4 Å². The fourth-order valence-electron chi connectivity index (χ4n) is 2.07. The maximum Gasteiger partial charge on any atom is 0.330 e. The second kappa shape index (κ2) is 6.01.